The Morgan fingerprint density at radius 1 is 1.50 bits per heavy atom. The van der Waals surface area contributed by atoms with Crippen LogP contribution in [0.5, 0.6) is 0 Å². The van der Waals surface area contributed by atoms with Crippen LogP contribution in [0.4, 0.5) is 0 Å². The summed E-state index contributed by atoms with van der Waals surface area (Å²) in [6.07, 6.45) is 3.95. The lowest BCUT2D eigenvalue weighted by atomic mass is 10.0. The van der Waals surface area contributed by atoms with Gasteiger partial charge in [-0.25, -0.2) is 0 Å². The van der Waals surface area contributed by atoms with Gasteiger partial charge in [-0.1, -0.05) is 0 Å². The average Bonchev–Trinajstić information content (AvgIpc) is 2.46. The van der Waals surface area contributed by atoms with Crippen molar-refractivity contribution >= 4 is 5.91 Å². The molecule has 1 saturated heterocycles. The number of methoxy groups -OCH3 is 1. The summed E-state index contributed by atoms with van der Waals surface area (Å²) >= 11 is 0. The number of likely N-dealkylation sites (tertiary alicyclic amines) is 1. The number of nitrogens with one attached hydrogen (secondary N) is 1. The summed E-state index contributed by atoms with van der Waals surface area (Å²) < 4.78 is 10.6. The minimum atomic E-state index is 0.0563. The molecule has 1 atom stereocenters. The third-order valence-electron chi connectivity index (χ3n) is 4.04. The normalized spacial score (nSPS) is 24.4. The highest BCUT2D eigenvalue weighted by Gasteiger charge is 2.24. The van der Waals surface area contributed by atoms with Crippen molar-refractivity contribution in [2.45, 2.75) is 38.6 Å². The van der Waals surface area contributed by atoms with Gasteiger partial charge < -0.3 is 14.8 Å². The molecule has 5 nitrogen and oxygen atoms in total. The van der Waals surface area contributed by atoms with Gasteiger partial charge in [-0.3, -0.25) is 9.69 Å². The molecule has 2 aliphatic heterocycles. The number of rotatable bonds is 5. The van der Waals surface area contributed by atoms with Crippen LogP contribution in [0, 0.1) is 0 Å². The molecule has 1 amide bonds. The fourth-order valence-corrected chi connectivity index (χ4v) is 2.88. The number of hydrogen-bond acceptors (Lipinski definition) is 4. The van der Waals surface area contributed by atoms with Crippen molar-refractivity contribution in [2.75, 3.05) is 40.0 Å². The number of nitrogens with zero attached hydrogens (tertiary/aromatic N) is 1. The molecule has 114 valence electrons. The fraction of sp³-hybridized carbons (Fsp3) is 0.800. The lowest BCUT2D eigenvalue weighted by Crippen LogP contribution is -2.49. The zero-order valence-corrected chi connectivity index (χ0v) is 12.6. The summed E-state index contributed by atoms with van der Waals surface area (Å²) in [6.45, 7) is 6.33. The van der Waals surface area contributed by atoms with Gasteiger partial charge in [0, 0.05) is 26.2 Å². The monoisotopic (exact) mass is 282 g/mol. The molecule has 0 saturated carbocycles. The molecule has 0 spiro atoms. The second-order valence-electron chi connectivity index (χ2n) is 5.59. The first-order chi connectivity index (χ1) is 9.70. The van der Waals surface area contributed by atoms with E-state index in [2.05, 4.69) is 10.2 Å². The maximum absolute atomic E-state index is 12.3. The van der Waals surface area contributed by atoms with E-state index < -0.39 is 0 Å². The number of allylic oxidation sites excluding steroid dienone is 1. The van der Waals surface area contributed by atoms with Gasteiger partial charge in [0.2, 0.25) is 0 Å². The molecule has 2 aliphatic rings. The SMILES string of the molecule is COCCN1CCCC(NC(=O)C2=C(C)OCCC2)C1. The van der Waals surface area contributed by atoms with Gasteiger partial charge in [0.25, 0.3) is 5.91 Å². The number of ether oxygens (including phenoxy) is 2. The van der Waals surface area contributed by atoms with E-state index in [4.69, 9.17) is 9.47 Å². The second kappa shape index (κ2) is 7.64. The summed E-state index contributed by atoms with van der Waals surface area (Å²) in [4.78, 5) is 14.7. The van der Waals surface area contributed by atoms with Gasteiger partial charge in [0.05, 0.1) is 18.8 Å². The quantitative estimate of drug-likeness (QED) is 0.826. The Morgan fingerprint density at radius 2 is 2.35 bits per heavy atom. The summed E-state index contributed by atoms with van der Waals surface area (Å²) in [5.74, 6) is 0.849. The van der Waals surface area contributed by atoms with Crippen LogP contribution in [0.15, 0.2) is 11.3 Å². The topological polar surface area (TPSA) is 50.8 Å². The first-order valence-corrected chi connectivity index (χ1v) is 7.55. The number of carbonyl (C=O) groups is 1. The summed E-state index contributed by atoms with van der Waals surface area (Å²) in [5, 5.41) is 3.17. The highest BCUT2D eigenvalue weighted by atomic mass is 16.5. The molecule has 0 aromatic carbocycles. The molecule has 1 N–H and O–H groups in total. The highest BCUT2D eigenvalue weighted by molar-refractivity contribution is 5.94. The standard InChI is InChI=1S/C15H26N2O3/c1-12-14(6-4-9-20-12)15(18)16-13-5-3-7-17(11-13)8-10-19-2/h13H,3-11H2,1-2H3,(H,16,18). The van der Waals surface area contributed by atoms with E-state index in [9.17, 15) is 4.79 Å². The van der Waals surface area contributed by atoms with E-state index in [1.165, 1.54) is 0 Å². The predicted molar refractivity (Wildman–Crippen MR) is 77.4 cm³/mol. The second-order valence-corrected chi connectivity index (χ2v) is 5.59. The van der Waals surface area contributed by atoms with Gasteiger partial charge in [-0.2, -0.15) is 0 Å². The van der Waals surface area contributed by atoms with E-state index in [0.29, 0.717) is 0 Å². The maximum atomic E-state index is 12.3. The Labute approximate surface area is 121 Å². The molecule has 2 rings (SSSR count). The molecule has 0 aliphatic carbocycles. The van der Waals surface area contributed by atoms with Crippen molar-refractivity contribution in [3.05, 3.63) is 11.3 Å². The van der Waals surface area contributed by atoms with Gasteiger partial charge in [-0.15, -0.1) is 0 Å². The zero-order valence-electron chi connectivity index (χ0n) is 12.6. The minimum absolute atomic E-state index is 0.0563. The van der Waals surface area contributed by atoms with E-state index in [-0.39, 0.29) is 11.9 Å². The highest BCUT2D eigenvalue weighted by Crippen LogP contribution is 2.19. The van der Waals surface area contributed by atoms with E-state index in [1.54, 1.807) is 7.11 Å². The number of carbonyl (C=O) groups excluding carboxylic acids is 1. The molecular weight excluding hydrogens is 256 g/mol. The first kappa shape index (κ1) is 15.3. The van der Waals surface area contributed by atoms with Crippen molar-refractivity contribution in [3.63, 3.8) is 0 Å². The largest absolute Gasteiger partial charge is 0.498 e. The van der Waals surface area contributed by atoms with Crippen LogP contribution >= 0.6 is 0 Å². The molecule has 0 bridgehead atoms. The molecule has 1 fully saturated rings. The van der Waals surface area contributed by atoms with Crippen LogP contribution in [-0.2, 0) is 14.3 Å². The first-order valence-electron chi connectivity index (χ1n) is 7.55. The van der Waals surface area contributed by atoms with E-state index in [0.717, 1.165) is 69.9 Å². The Kier molecular flexibility index (Phi) is 5.86. The van der Waals surface area contributed by atoms with Crippen LogP contribution in [0.3, 0.4) is 0 Å². The number of piperidine rings is 1. The number of amides is 1. The van der Waals surface area contributed by atoms with Gasteiger partial charge >= 0.3 is 0 Å². The number of hydrogen-bond donors (Lipinski definition) is 1. The van der Waals surface area contributed by atoms with Gasteiger partial charge in [-0.05, 0) is 39.2 Å². The molecular formula is C15H26N2O3. The molecule has 20 heavy (non-hydrogen) atoms. The van der Waals surface area contributed by atoms with Crippen molar-refractivity contribution in [1.29, 1.82) is 0 Å². The Bertz CT molecular complexity index is 368. The molecule has 0 aromatic rings. The third-order valence-corrected chi connectivity index (χ3v) is 4.04. The molecule has 2 heterocycles. The van der Waals surface area contributed by atoms with Gasteiger partial charge in [0.15, 0.2) is 0 Å². The average molecular weight is 282 g/mol. The Morgan fingerprint density at radius 3 is 3.10 bits per heavy atom. The van der Waals surface area contributed by atoms with Crippen molar-refractivity contribution in [2.24, 2.45) is 0 Å². The predicted octanol–water partition coefficient (Wildman–Crippen LogP) is 1.30. The fourth-order valence-electron chi connectivity index (χ4n) is 2.88. The van der Waals surface area contributed by atoms with Crippen molar-refractivity contribution < 1.29 is 14.3 Å². The van der Waals surface area contributed by atoms with Crippen LogP contribution in [0.25, 0.3) is 0 Å². The third kappa shape index (κ3) is 4.21. The summed E-state index contributed by atoms with van der Waals surface area (Å²) in [6, 6.07) is 0.246. The summed E-state index contributed by atoms with van der Waals surface area (Å²) in [7, 11) is 1.72. The van der Waals surface area contributed by atoms with Gasteiger partial charge in [0.1, 0.15) is 5.76 Å². The lowest BCUT2D eigenvalue weighted by molar-refractivity contribution is -0.119. The molecule has 1 unspecified atom stereocenters. The Balaban J connectivity index is 1.84. The van der Waals surface area contributed by atoms with E-state index in [1.807, 2.05) is 6.92 Å². The van der Waals surface area contributed by atoms with Crippen molar-refractivity contribution in [1.82, 2.24) is 10.2 Å². The van der Waals surface area contributed by atoms with Crippen LogP contribution in [-0.4, -0.2) is 56.8 Å². The zero-order chi connectivity index (χ0) is 14.4. The van der Waals surface area contributed by atoms with E-state index >= 15 is 0 Å². The van der Waals surface area contributed by atoms with Crippen molar-refractivity contribution in [3.8, 4) is 0 Å². The van der Waals surface area contributed by atoms with Crippen LogP contribution in [0.2, 0.25) is 0 Å². The molecule has 5 heteroatoms. The summed E-state index contributed by atoms with van der Waals surface area (Å²) in [5.41, 5.74) is 0.824. The molecule has 0 aromatic heterocycles. The van der Waals surface area contributed by atoms with Crippen LogP contribution < -0.4 is 5.32 Å². The molecule has 0 radical (unpaired) electrons. The minimum Gasteiger partial charge on any atom is -0.498 e. The van der Waals surface area contributed by atoms with Crippen LogP contribution in [0.1, 0.15) is 32.6 Å². The maximum Gasteiger partial charge on any atom is 0.250 e. The smallest absolute Gasteiger partial charge is 0.250 e. The lowest BCUT2D eigenvalue weighted by Gasteiger charge is -2.33. The Hall–Kier alpha value is -1.07.